The van der Waals surface area contributed by atoms with Gasteiger partial charge in [0.15, 0.2) is 0 Å². The van der Waals surface area contributed by atoms with Crippen LogP contribution in [0.5, 0.6) is 0 Å². The molecule has 2 fully saturated rings. The van der Waals surface area contributed by atoms with Crippen LogP contribution in [0.2, 0.25) is 0 Å². The molecule has 82 valence electrons. The number of nitrogens with zero attached hydrogens (tertiary/aromatic N) is 1. The van der Waals surface area contributed by atoms with Gasteiger partial charge in [0.05, 0.1) is 0 Å². The fourth-order valence-corrected chi connectivity index (χ4v) is 3.58. The van der Waals surface area contributed by atoms with Crippen molar-refractivity contribution in [3.05, 3.63) is 0 Å². The Morgan fingerprint density at radius 2 is 2.21 bits per heavy atom. The van der Waals surface area contributed by atoms with E-state index in [1.54, 1.807) is 0 Å². The summed E-state index contributed by atoms with van der Waals surface area (Å²) in [5.41, 5.74) is 0. The third-order valence-electron chi connectivity index (χ3n) is 3.32. The molecule has 1 unspecified atom stereocenters. The Labute approximate surface area is 91.8 Å². The summed E-state index contributed by atoms with van der Waals surface area (Å²) in [6.45, 7) is 6.05. The van der Waals surface area contributed by atoms with E-state index in [0.29, 0.717) is 0 Å². The van der Waals surface area contributed by atoms with Crippen LogP contribution in [0, 0.1) is 0 Å². The summed E-state index contributed by atoms with van der Waals surface area (Å²) in [7, 11) is 0. The molecule has 0 aliphatic carbocycles. The number of thioether (sulfide) groups is 1. The van der Waals surface area contributed by atoms with Crippen LogP contribution in [0.4, 0.5) is 0 Å². The van der Waals surface area contributed by atoms with E-state index in [4.69, 9.17) is 0 Å². The van der Waals surface area contributed by atoms with Gasteiger partial charge in [0.1, 0.15) is 0 Å². The van der Waals surface area contributed by atoms with Crippen molar-refractivity contribution in [2.45, 2.75) is 38.3 Å². The molecule has 0 aromatic carbocycles. The number of hydrogen-bond donors (Lipinski definition) is 1. The van der Waals surface area contributed by atoms with Gasteiger partial charge >= 0.3 is 0 Å². The van der Waals surface area contributed by atoms with E-state index in [1.807, 2.05) is 0 Å². The Bertz CT molecular complexity index is 165. The minimum atomic E-state index is 0.846. The van der Waals surface area contributed by atoms with Crippen LogP contribution in [0.3, 0.4) is 0 Å². The topological polar surface area (TPSA) is 15.3 Å². The first-order valence-corrected chi connectivity index (χ1v) is 7.11. The van der Waals surface area contributed by atoms with Gasteiger partial charge in [0.25, 0.3) is 0 Å². The van der Waals surface area contributed by atoms with Gasteiger partial charge in [-0.15, -0.1) is 0 Å². The Morgan fingerprint density at radius 1 is 1.36 bits per heavy atom. The van der Waals surface area contributed by atoms with E-state index in [2.05, 4.69) is 28.9 Å². The Hall–Kier alpha value is 0.270. The lowest BCUT2D eigenvalue weighted by Crippen LogP contribution is -2.60. The summed E-state index contributed by atoms with van der Waals surface area (Å²) < 4.78 is 0. The monoisotopic (exact) mass is 214 g/mol. The molecule has 3 heteroatoms. The van der Waals surface area contributed by atoms with Crippen LogP contribution < -0.4 is 5.32 Å². The molecule has 1 N–H and O–H groups in total. The molecule has 0 aromatic rings. The standard InChI is InChI=1S/C11H22N2S/c1-2-5-13(11-7-12-8-11)10-4-3-6-14-9-10/h10-12H,2-9H2,1H3. The molecule has 1 atom stereocenters. The SMILES string of the molecule is CCCN(C1CNC1)C1CCCSC1. The Balaban J connectivity index is 1.86. The third kappa shape index (κ3) is 2.44. The highest BCUT2D eigenvalue weighted by atomic mass is 32.2. The highest BCUT2D eigenvalue weighted by molar-refractivity contribution is 7.99. The van der Waals surface area contributed by atoms with Crippen molar-refractivity contribution in [2.75, 3.05) is 31.1 Å². The zero-order chi connectivity index (χ0) is 9.80. The van der Waals surface area contributed by atoms with Crippen molar-refractivity contribution < 1.29 is 0 Å². The lowest BCUT2D eigenvalue weighted by Gasteiger charge is -2.44. The molecule has 2 saturated heterocycles. The molecule has 2 nitrogen and oxygen atoms in total. The second kappa shape index (κ2) is 5.38. The first-order chi connectivity index (χ1) is 6.92. The molecule has 2 aliphatic rings. The van der Waals surface area contributed by atoms with E-state index in [-0.39, 0.29) is 0 Å². The van der Waals surface area contributed by atoms with Gasteiger partial charge < -0.3 is 5.32 Å². The summed E-state index contributed by atoms with van der Waals surface area (Å²) >= 11 is 2.15. The normalized spacial score (nSPS) is 29.1. The maximum atomic E-state index is 3.39. The number of nitrogens with one attached hydrogen (secondary N) is 1. The second-order valence-electron chi connectivity index (χ2n) is 4.42. The number of hydrogen-bond acceptors (Lipinski definition) is 3. The first-order valence-electron chi connectivity index (χ1n) is 5.96. The van der Waals surface area contributed by atoms with Crippen LogP contribution in [0.15, 0.2) is 0 Å². The second-order valence-corrected chi connectivity index (χ2v) is 5.57. The fraction of sp³-hybridized carbons (Fsp3) is 1.00. The minimum absolute atomic E-state index is 0.846. The summed E-state index contributed by atoms with van der Waals surface area (Å²) in [5, 5.41) is 3.39. The van der Waals surface area contributed by atoms with Gasteiger partial charge in [-0.2, -0.15) is 11.8 Å². The van der Waals surface area contributed by atoms with Crippen molar-refractivity contribution in [1.82, 2.24) is 10.2 Å². The summed E-state index contributed by atoms with van der Waals surface area (Å²) in [6, 6.07) is 1.72. The van der Waals surface area contributed by atoms with Crippen molar-refractivity contribution >= 4 is 11.8 Å². The lowest BCUT2D eigenvalue weighted by molar-refractivity contribution is 0.0988. The third-order valence-corrected chi connectivity index (χ3v) is 4.51. The molecule has 0 radical (unpaired) electrons. The van der Waals surface area contributed by atoms with Crippen LogP contribution in [0.25, 0.3) is 0 Å². The maximum Gasteiger partial charge on any atom is 0.0348 e. The van der Waals surface area contributed by atoms with Gasteiger partial charge in [-0.1, -0.05) is 6.92 Å². The molecule has 0 amide bonds. The summed E-state index contributed by atoms with van der Waals surface area (Å²) in [6.07, 6.45) is 4.16. The van der Waals surface area contributed by atoms with Gasteiger partial charge in [-0.05, 0) is 31.6 Å². The highest BCUT2D eigenvalue weighted by Gasteiger charge is 2.30. The minimum Gasteiger partial charge on any atom is -0.314 e. The highest BCUT2D eigenvalue weighted by Crippen LogP contribution is 2.24. The van der Waals surface area contributed by atoms with Gasteiger partial charge in [-0.25, -0.2) is 0 Å². The van der Waals surface area contributed by atoms with E-state index in [9.17, 15) is 0 Å². The molecule has 0 aromatic heterocycles. The Morgan fingerprint density at radius 3 is 2.71 bits per heavy atom. The lowest BCUT2D eigenvalue weighted by atomic mass is 10.0. The van der Waals surface area contributed by atoms with Gasteiger partial charge in [0, 0.05) is 30.9 Å². The molecular formula is C11H22N2S. The molecule has 2 rings (SSSR count). The van der Waals surface area contributed by atoms with E-state index in [1.165, 1.54) is 50.4 Å². The van der Waals surface area contributed by atoms with Crippen LogP contribution >= 0.6 is 11.8 Å². The molecule has 0 bridgehead atoms. The van der Waals surface area contributed by atoms with E-state index >= 15 is 0 Å². The zero-order valence-corrected chi connectivity index (χ0v) is 9.98. The van der Waals surface area contributed by atoms with Crippen molar-refractivity contribution in [2.24, 2.45) is 0 Å². The average Bonchev–Trinajstić information content (AvgIpc) is 2.16. The predicted octanol–water partition coefficient (Wildman–Crippen LogP) is 1.57. The summed E-state index contributed by atoms with van der Waals surface area (Å²) in [4.78, 5) is 2.77. The molecular weight excluding hydrogens is 192 g/mol. The quantitative estimate of drug-likeness (QED) is 0.765. The molecule has 14 heavy (non-hydrogen) atoms. The zero-order valence-electron chi connectivity index (χ0n) is 9.17. The van der Waals surface area contributed by atoms with E-state index < -0.39 is 0 Å². The van der Waals surface area contributed by atoms with E-state index in [0.717, 1.165) is 12.1 Å². The summed E-state index contributed by atoms with van der Waals surface area (Å²) in [5.74, 6) is 2.76. The first kappa shape index (κ1) is 10.8. The molecule has 2 aliphatic heterocycles. The number of rotatable bonds is 4. The van der Waals surface area contributed by atoms with Crippen molar-refractivity contribution in [3.8, 4) is 0 Å². The average molecular weight is 214 g/mol. The van der Waals surface area contributed by atoms with Gasteiger partial charge in [0.2, 0.25) is 0 Å². The molecule has 2 heterocycles. The fourth-order valence-electron chi connectivity index (χ4n) is 2.41. The molecule has 0 spiro atoms. The van der Waals surface area contributed by atoms with Crippen molar-refractivity contribution in [1.29, 1.82) is 0 Å². The van der Waals surface area contributed by atoms with Crippen molar-refractivity contribution in [3.63, 3.8) is 0 Å². The Kier molecular flexibility index (Phi) is 4.14. The maximum absolute atomic E-state index is 3.39. The van der Waals surface area contributed by atoms with Crippen LogP contribution in [-0.2, 0) is 0 Å². The largest absolute Gasteiger partial charge is 0.314 e. The van der Waals surface area contributed by atoms with Crippen LogP contribution in [0.1, 0.15) is 26.2 Å². The van der Waals surface area contributed by atoms with Crippen LogP contribution in [-0.4, -0.2) is 48.1 Å². The van der Waals surface area contributed by atoms with Gasteiger partial charge in [-0.3, -0.25) is 4.90 Å². The predicted molar refractivity (Wildman–Crippen MR) is 64.0 cm³/mol. The molecule has 0 saturated carbocycles. The smallest absolute Gasteiger partial charge is 0.0348 e.